The second kappa shape index (κ2) is 10.1. The molecule has 4 heterocycles. The van der Waals surface area contributed by atoms with Gasteiger partial charge in [0.05, 0.1) is 18.8 Å². The molecule has 0 radical (unpaired) electrons. The van der Waals surface area contributed by atoms with Crippen LogP contribution in [0.5, 0.6) is 5.88 Å². The zero-order chi connectivity index (χ0) is 22.5. The van der Waals surface area contributed by atoms with Crippen LogP contribution in [0.4, 0.5) is 5.82 Å². The van der Waals surface area contributed by atoms with E-state index in [1.54, 1.807) is 29.3 Å². The minimum atomic E-state index is -0.166. The lowest BCUT2D eigenvalue weighted by Crippen LogP contribution is -2.49. The molecule has 0 bridgehead atoms. The summed E-state index contributed by atoms with van der Waals surface area (Å²) in [4.78, 5) is 38.0. The number of nitrogens with one attached hydrogen (secondary N) is 1. The SMILES string of the molecule is COc1cc(C(=O)N2CCN(c3ncccc3C(=O)NCC3CCCO3)CC2)cc(Cl)n1. The molecule has 32 heavy (non-hydrogen) atoms. The number of nitrogens with zero attached hydrogens (tertiary/aromatic N) is 4. The Balaban J connectivity index is 1.39. The average Bonchev–Trinajstić information content (AvgIpc) is 3.35. The lowest BCUT2D eigenvalue weighted by Gasteiger charge is -2.36. The van der Waals surface area contributed by atoms with E-state index in [9.17, 15) is 9.59 Å². The van der Waals surface area contributed by atoms with Crippen molar-refractivity contribution >= 4 is 29.2 Å². The molecule has 0 aliphatic carbocycles. The van der Waals surface area contributed by atoms with Crippen LogP contribution in [-0.2, 0) is 4.74 Å². The zero-order valence-electron chi connectivity index (χ0n) is 17.9. The number of aromatic nitrogens is 2. The Bertz CT molecular complexity index is 975. The molecule has 4 rings (SSSR count). The monoisotopic (exact) mass is 459 g/mol. The van der Waals surface area contributed by atoms with Crippen molar-refractivity contribution in [1.82, 2.24) is 20.2 Å². The first-order chi connectivity index (χ1) is 15.5. The normalized spacial score (nSPS) is 18.5. The highest BCUT2D eigenvalue weighted by atomic mass is 35.5. The summed E-state index contributed by atoms with van der Waals surface area (Å²) in [6.45, 7) is 3.35. The molecule has 0 spiro atoms. The summed E-state index contributed by atoms with van der Waals surface area (Å²) in [6, 6.07) is 6.64. The summed E-state index contributed by atoms with van der Waals surface area (Å²) >= 11 is 6.01. The van der Waals surface area contributed by atoms with Crippen LogP contribution >= 0.6 is 11.6 Å². The third-order valence-electron chi connectivity index (χ3n) is 5.64. The van der Waals surface area contributed by atoms with Gasteiger partial charge in [-0.05, 0) is 31.0 Å². The molecule has 2 fully saturated rings. The summed E-state index contributed by atoms with van der Waals surface area (Å²) in [5.41, 5.74) is 0.957. The van der Waals surface area contributed by atoms with E-state index in [2.05, 4.69) is 15.3 Å². The van der Waals surface area contributed by atoms with Crippen molar-refractivity contribution in [2.75, 3.05) is 51.3 Å². The number of hydrogen-bond donors (Lipinski definition) is 1. The van der Waals surface area contributed by atoms with Crippen molar-refractivity contribution in [1.29, 1.82) is 0 Å². The van der Waals surface area contributed by atoms with Crippen molar-refractivity contribution in [3.05, 3.63) is 46.7 Å². The topological polar surface area (TPSA) is 96.9 Å². The van der Waals surface area contributed by atoms with Crippen LogP contribution in [0.25, 0.3) is 0 Å². The third-order valence-corrected chi connectivity index (χ3v) is 5.83. The molecule has 2 aliphatic heterocycles. The van der Waals surface area contributed by atoms with Gasteiger partial charge in [-0.1, -0.05) is 11.6 Å². The molecule has 1 N–H and O–H groups in total. The second-order valence-electron chi connectivity index (χ2n) is 7.72. The van der Waals surface area contributed by atoms with E-state index >= 15 is 0 Å². The number of ether oxygens (including phenoxy) is 2. The molecule has 2 amide bonds. The van der Waals surface area contributed by atoms with Gasteiger partial charge in [0.1, 0.15) is 11.0 Å². The van der Waals surface area contributed by atoms with E-state index in [1.165, 1.54) is 13.2 Å². The Hall–Kier alpha value is -2.91. The van der Waals surface area contributed by atoms with Gasteiger partial charge in [0.25, 0.3) is 11.8 Å². The number of rotatable bonds is 6. The summed E-state index contributed by atoms with van der Waals surface area (Å²) in [5.74, 6) is 0.619. The molecule has 1 unspecified atom stereocenters. The molecule has 1 atom stereocenters. The first-order valence-electron chi connectivity index (χ1n) is 10.7. The lowest BCUT2D eigenvalue weighted by atomic mass is 10.1. The number of carbonyl (C=O) groups is 2. The molecule has 0 saturated carbocycles. The van der Waals surface area contributed by atoms with Gasteiger partial charge in [-0.25, -0.2) is 9.97 Å². The minimum Gasteiger partial charge on any atom is -0.481 e. The number of amides is 2. The Kier molecular flexibility index (Phi) is 7.06. The van der Waals surface area contributed by atoms with Crippen LogP contribution < -0.4 is 15.0 Å². The first-order valence-corrected chi connectivity index (χ1v) is 11.0. The van der Waals surface area contributed by atoms with E-state index in [-0.39, 0.29) is 23.1 Å². The molecule has 2 aliphatic rings. The quantitative estimate of drug-likeness (QED) is 0.660. The first kappa shape index (κ1) is 22.3. The van der Waals surface area contributed by atoms with Crippen molar-refractivity contribution in [2.24, 2.45) is 0 Å². The number of piperazine rings is 1. The van der Waals surface area contributed by atoms with Crippen molar-refractivity contribution < 1.29 is 19.1 Å². The fraction of sp³-hybridized carbons (Fsp3) is 0.455. The number of anilines is 1. The van der Waals surface area contributed by atoms with E-state index in [1.807, 2.05) is 4.90 Å². The van der Waals surface area contributed by atoms with Gasteiger partial charge in [0, 0.05) is 57.2 Å². The molecule has 10 heteroatoms. The largest absolute Gasteiger partial charge is 0.481 e. The van der Waals surface area contributed by atoms with E-state index in [4.69, 9.17) is 21.1 Å². The van der Waals surface area contributed by atoms with Crippen LogP contribution in [0.1, 0.15) is 33.6 Å². The standard InChI is InChI=1S/C22H26ClN5O4/c1-31-19-13-15(12-18(23)26-19)22(30)28-9-7-27(8-10-28)20-17(5-2-6-24-20)21(29)25-14-16-4-3-11-32-16/h2,5-6,12-13,16H,3-4,7-11,14H2,1H3,(H,25,29). The average molecular weight is 460 g/mol. The van der Waals surface area contributed by atoms with Gasteiger partial charge in [-0.2, -0.15) is 0 Å². The fourth-order valence-corrected chi connectivity index (χ4v) is 4.14. The minimum absolute atomic E-state index is 0.0777. The molecule has 2 aromatic rings. The number of pyridine rings is 2. The second-order valence-corrected chi connectivity index (χ2v) is 8.11. The lowest BCUT2D eigenvalue weighted by molar-refractivity contribution is 0.0744. The number of hydrogen-bond acceptors (Lipinski definition) is 7. The van der Waals surface area contributed by atoms with Crippen LogP contribution in [-0.4, -0.2) is 79.2 Å². The van der Waals surface area contributed by atoms with E-state index in [0.29, 0.717) is 55.5 Å². The Morgan fingerprint density at radius 2 is 2.09 bits per heavy atom. The highest BCUT2D eigenvalue weighted by Crippen LogP contribution is 2.22. The van der Waals surface area contributed by atoms with Crippen molar-refractivity contribution in [2.45, 2.75) is 18.9 Å². The molecule has 2 aromatic heterocycles. The predicted octanol–water partition coefficient (Wildman–Crippen LogP) is 2.01. The number of halogens is 1. The van der Waals surface area contributed by atoms with Gasteiger partial charge >= 0.3 is 0 Å². The maximum Gasteiger partial charge on any atom is 0.255 e. The van der Waals surface area contributed by atoms with Gasteiger partial charge < -0.3 is 24.6 Å². The Labute approximate surface area is 191 Å². The Morgan fingerprint density at radius 1 is 1.28 bits per heavy atom. The maximum absolute atomic E-state index is 12.9. The number of carbonyl (C=O) groups excluding carboxylic acids is 2. The van der Waals surface area contributed by atoms with Crippen LogP contribution in [0.15, 0.2) is 30.5 Å². The van der Waals surface area contributed by atoms with Crippen molar-refractivity contribution in [3.63, 3.8) is 0 Å². The summed E-state index contributed by atoms with van der Waals surface area (Å²) in [7, 11) is 1.48. The smallest absolute Gasteiger partial charge is 0.255 e. The molecule has 9 nitrogen and oxygen atoms in total. The molecule has 0 aromatic carbocycles. The molecular weight excluding hydrogens is 434 g/mol. The fourth-order valence-electron chi connectivity index (χ4n) is 3.94. The molecule has 2 saturated heterocycles. The van der Waals surface area contributed by atoms with E-state index in [0.717, 1.165) is 19.4 Å². The number of methoxy groups -OCH3 is 1. The van der Waals surface area contributed by atoms with Gasteiger partial charge in [0.15, 0.2) is 0 Å². The highest BCUT2D eigenvalue weighted by molar-refractivity contribution is 6.29. The Morgan fingerprint density at radius 3 is 2.81 bits per heavy atom. The van der Waals surface area contributed by atoms with Crippen LogP contribution in [0.3, 0.4) is 0 Å². The van der Waals surface area contributed by atoms with Crippen molar-refractivity contribution in [3.8, 4) is 5.88 Å². The predicted molar refractivity (Wildman–Crippen MR) is 119 cm³/mol. The maximum atomic E-state index is 12.9. The molecular formula is C22H26ClN5O4. The third kappa shape index (κ3) is 5.11. The van der Waals surface area contributed by atoms with Gasteiger partial charge in [0.2, 0.25) is 5.88 Å². The van der Waals surface area contributed by atoms with E-state index < -0.39 is 0 Å². The summed E-state index contributed by atoms with van der Waals surface area (Å²) in [6.07, 6.45) is 3.74. The zero-order valence-corrected chi connectivity index (χ0v) is 18.7. The van der Waals surface area contributed by atoms with Gasteiger partial charge in [-0.3, -0.25) is 9.59 Å². The van der Waals surface area contributed by atoms with Gasteiger partial charge in [-0.15, -0.1) is 0 Å². The van der Waals surface area contributed by atoms with Crippen LogP contribution in [0.2, 0.25) is 5.15 Å². The molecule has 170 valence electrons. The van der Waals surface area contributed by atoms with Crippen LogP contribution in [0, 0.1) is 0 Å². The highest BCUT2D eigenvalue weighted by Gasteiger charge is 2.26. The summed E-state index contributed by atoms with van der Waals surface area (Å²) < 4.78 is 10.7. The summed E-state index contributed by atoms with van der Waals surface area (Å²) in [5, 5.41) is 3.17.